The summed E-state index contributed by atoms with van der Waals surface area (Å²) in [6, 6.07) is 6.22. The van der Waals surface area contributed by atoms with Crippen LogP contribution in [0.2, 0.25) is 0 Å². The average molecular weight is 271 g/mol. The largest absolute Gasteiger partial charge is 0.508 e. The van der Waals surface area contributed by atoms with Crippen LogP contribution in [0.5, 0.6) is 5.75 Å². The lowest BCUT2D eigenvalue weighted by Crippen LogP contribution is -2.38. The summed E-state index contributed by atoms with van der Waals surface area (Å²) in [5.74, 6) is 1.11. The molecule has 0 aromatic heterocycles. The molecule has 2 nitrogen and oxygen atoms in total. The van der Waals surface area contributed by atoms with Crippen molar-refractivity contribution in [2.24, 2.45) is 11.3 Å². The zero-order chi connectivity index (χ0) is 14.5. The van der Waals surface area contributed by atoms with Gasteiger partial charge in [0.2, 0.25) is 0 Å². The molecule has 1 saturated carbocycles. The van der Waals surface area contributed by atoms with Crippen LogP contribution in [-0.2, 0) is 0 Å². The summed E-state index contributed by atoms with van der Waals surface area (Å²) in [7, 11) is 4.36. The molecule has 2 aliphatic rings. The van der Waals surface area contributed by atoms with Crippen molar-refractivity contribution >= 4 is 5.57 Å². The third kappa shape index (κ3) is 2.16. The molecular weight excluding hydrogens is 246 g/mol. The molecule has 1 fully saturated rings. The van der Waals surface area contributed by atoms with Crippen LogP contribution in [0.3, 0.4) is 0 Å². The van der Waals surface area contributed by atoms with Gasteiger partial charge in [0.1, 0.15) is 5.75 Å². The van der Waals surface area contributed by atoms with Gasteiger partial charge in [-0.2, -0.15) is 0 Å². The van der Waals surface area contributed by atoms with E-state index in [0.29, 0.717) is 17.2 Å². The summed E-state index contributed by atoms with van der Waals surface area (Å²) in [4.78, 5) is 2.35. The second-order valence-electron chi connectivity index (χ2n) is 7.16. The van der Waals surface area contributed by atoms with Crippen molar-refractivity contribution in [1.82, 2.24) is 4.90 Å². The van der Waals surface area contributed by atoms with Gasteiger partial charge in [-0.15, -0.1) is 0 Å². The van der Waals surface area contributed by atoms with E-state index in [0.717, 1.165) is 5.92 Å². The highest BCUT2D eigenvalue weighted by atomic mass is 16.3. The Morgan fingerprint density at radius 3 is 2.75 bits per heavy atom. The molecule has 2 heteroatoms. The quantitative estimate of drug-likeness (QED) is 0.883. The molecule has 1 N–H and O–H groups in total. The lowest BCUT2D eigenvalue weighted by Gasteiger charge is -2.38. The number of nitrogens with zero attached hydrogens (tertiary/aromatic N) is 1. The van der Waals surface area contributed by atoms with Crippen molar-refractivity contribution in [2.45, 2.75) is 39.2 Å². The van der Waals surface area contributed by atoms with Crippen molar-refractivity contribution in [3.63, 3.8) is 0 Å². The third-order valence-electron chi connectivity index (χ3n) is 5.17. The SMILES string of the molecule is Cc1ccc(O)cc1C1=CC2(C)CCC(C2)C1N(C)C. The van der Waals surface area contributed by atoms with Crippen LogP contribution in [0.1, 0.15) is 37.3 Å². The van der Waals surface area contributed by atoms with Gasteiger partial charge in [0.25, 0.3) is 0 Å². The highest BCUT2D eigenvalue weighted by Gasteiger charge is 2.44. The Kier molecular flexibility index (Phi) is 3.17. The monoisotopic (exact) mass is 271 g/mol. The minimum Gasteiger partial charge on any atom is -0.508 e. The van der Waals surface area contributed by atoms with Crippen LogP contribution in [0.25, 0.3) is 5.57 Å². The smallest absolute Gasteiger partial charge is 0.116 e. The van der Waals surface area contributed by atoms with Gasteiger partial charge >= 0.3 is 0 Å². The Morgan fingerprint density at radius 2 is 2.05 bits per heavy atom. The fourth-order valence-corrected chi connectivity index (χ4v) is 4.29. The molecule has 108 valence electrons. The first kappa shape index (κ1) is 13.7. The molecule has 0 heterocycles. The summed E-state index contributed by atoms with van der Waals surface area (Å²) in [5.41, 5.74) is 4.25. The Hall–Kier alpha value is -1.28. The summed E-state index contributed by atoms with van der Waals surface area (Å²) < 4.78 is 0. The predicted octanol–water partition coefficient (Wildman–Crippen LogP) is 3.83. The minimum absolute atomic E-state index is 0.352. The van der Waals surface area contributed by atoms with Crippen LogP contribution in [-0.4, -0.2) is 30.1 Å². The molecule has 2 aliphatic carbocycles. The van der Waals surface area contributed by atoms with Crippen LogP contribution < -0.4 is 0 Å². The first-order chi connectivity index (χ1) is 9.39. The predicted molar refractivity (Wildman–Crippen MR) is 83.7 cm³/mol. The molecular formula is C18H25NO. The van der Waals surface area contributed by atoms with Gasteiger partial charge in [0.05, 0.1) is 0 Å². The van der Waals surface area contributed by atoms with Crippen molar-refractivity contribution in [1.29, 1.82) is 0 Å². The maximum Gasteiger partial charge on any atom is 0.116 e. The Balaban J connectivity index is 2.13. The number of hydrogen-bond donors (Lipinski definition) is 1. The second kappa shape index (κ2) is 4.63. The van der Waals surface area contributed by atoms with Crippen LogP contribution in [0.15, 0.2) is 24.3 Å². The molecule has 20 heavy (non-hydrogen) atoms. The molecule has 0 saturated heterocycles. The molecule has 1 aromatic rings. The van der Waals surface area contributed by atoms with Crippen LogP contribution in [0, 0.1) is 18.3 Å². The number of fused-ring (bicyclic) bond motifs is 2. The topological polar surface area (TPSA) is 23.5 Å². The van der Waals surface area contributed by atoms with Gasteiger partial charge in [-0.05, 0) is 80.4 Å². The van der Waals surface area contributed by atoms with Gasteiger partial charge < -0.3 is 10.0 Å². The van der Waals surface area contributed by atoms with E-state index >= 15 is 0 Å². The van der Waals surface area contributed by atoms with Crippen LogP contribution >= 0.6 is 0 Å². The number of phenolic OH excluding ortho intramolecular Hbond substituents is 1. The van der Waals surface area contributed by atoms with E-state index in [1.165, 1.54) is 36.0 Å². The van der Waals surface area contributed by atoms with Gasteiger partial charge in [0, 0.05) is 6.04 Å². The number of allylic oxidation sites excluding steroid dienone is 1. The Bertz CT molecular complexity index is 561. The molecule has 3 rings (SSSR count). The van der Waals surface area contributed by atoms with E-state index in [4.69, 9.17) is 0 Å². The summed E-state index contributed by atoms with van der Waals surface area (Å²) in [6.07, 6.45) is 6.40. The van der Waals surface area contributed by atoms with Gasteiger partial charge in [-0.1, -0.05) is 19.1 Å². The van der Waals surface area contributed by atoms with Crippen molar-refractivity contribution in [3.8, 4) is 5.75 Å². The van der Waals surface area contributed by atoms with E-state index in [9.17, 15) is 5.11 Å². The normalized spacial score (nSPS) is 32.5. The molecule has 3 unspecified atom stereocenters. The highest BCUT2D eigenvalue weighted by molar-refractivity contribution is 5.75. The lowest BCUT2D eigenvalue weighted by molar-refractivity contribution is 0.243. The number of rotatable bonds is 2. The molecule has 0 amide bonds. The molecule has 3 atom stereocenters. The maximum atomic E-state index is 9.86. The van der Waals surface area contributed by atoms with E-state index in [-0.39, 0.29) is 0 Å². The average Bonchev–Trinajstić information content (AvgIpc) is 2.67. The van der Waals surface area contributed by atoms with Crippen molar-refractivity contribution in [2.75, 3.05) is 14.1 Å². The number of likely N-dealkylation sites (N-methyl/N-ethyl adjacent to an activating group) is 1. The van der Waals surface area contributed by atoms with E-state index in [1.807, 2.05) is 12.1 Å². The van der Waals surface area contributed by atoms with E-state index in [1.54, 1.807) is 6.07 Å². The third-order valence-corrected chi connectivity index (χ3v) is 5.17. The molecule has 1 aromatic carbocycles. The van der Waals surface area contributed by atoms with Gasteiger partial charge in [0.15, 0.2) is 0 Å². The number of aromatic hydroxyl groups is 1. The molecule has 0 radical (unpaired) electrons. The zero-order valence-electron chi connectivity index (χ0n) is 13.0. The van der Waals surface area contributed by atoms with Crippen molar-refractivity contribution < 1.29 is 5.11 Å². The van der Waals surface area contributed by atoms with E-state index < -0.39 is 0 Å². The van der Waals surface area contributed by atoms with E-state index in [2.05, 4.69) is 38.9 Å². The fraction of sp³-hybridized carbons (Fsp3) is 0.556. The molecule has 0 aliphatic heterocycles. The zero-order valence-corrected chi connectivity index (χ0v) is 13.0. The first-order valence-electron chi connectivity index (χ1n) is 7.59. The summed E-state index contributed by atoms with van der Waals surface area (Å²) >= 11 is 0. The highest BCUT2D eigenvalue weighted by Crippen LogP contribution is 2.53. The maximum absolute atomic E-state index is 9.86. The number of hydrogen-bond acceptors (Lipinski definition) is 2. The number of benzene rings is 1. The lowest BCUT2D eigenvalue weighted by atomic mass is 9.74. The van der Waals surface area contributed by atoms with Gasteiger partial charge in [-0.25, -0.2) is 0 Å². The summed E-state index contributed by atoms with van der Waals surface area (Å²) in [6.45, 7) is 4.53. The van der Waals surface area contributed by atoms with Gasteiger partial charge in [-0.3, -0.25) is 0 Å². The number of phenols is 1. The standard InChI is InChI=1S/C18H25NO/c1-12-5-6-14(20)9-15(12)16-11-18(2)8-7-13(10-18)17(16)19(3)4/h5-6,9,11,13,17,20H,7-8,10H2,1-4H3. The molecule has 2 bridgehead atoms. The molecule has 0 spiro atoms. The Morgan fingerprint density at radius 1 is 1.30 bits per heavy atom. The minimum atomic E-state index is 0.352. The Labute approximate surface area is 122 Å². The number of aryl methyl sites for hydroxylation is 1. The first-order valence-corrected chi connectivity index (χ1v) is 7.59. The van der Waals surface area contributed by atoms with Crippen LogP contribution in [0.4, 0.5) is 0 Å². The second-order valence-corrected chi connectivity index (χ2v) is 7.16. The fourth-order valence-electron chi connectivity index (χ4n) is 4.29. The summed E-state index contributed by atoms with van der Waals surface area (Å²) in [5, 5.41) is 9.86. The van der Waals surface area contributed by atoms with Crippen molar-refractivity contribution in [3.05, 3.63) is 35.4 Å².